The van der Waals surface area contributed by atoms with Gasteiger partial charge < -0.3 is 15.4 Å². The first kappa shape index (κ1) is 24.4. The molecule has 4 amide bonds. The van der Waals surface area contributed by atoms with Gasteiger partial charge in [0, 0.05) is 30.7 Å². The number of rotatable bonds is 6. The molecule has 2 saturated heterocycles. The van der Waals surface area contributed by atoms with Crippen LogP contribution in [-0.2, 0) is 31.8 Å². The number of anilines is 2. The van der Waals surface area contributed by atoms with Gasteiger partial charge in [-0.1, -0.05) is 12.1 Å². The fourth-order valence-corrected chi connectivity index (χ4v) is 3.91. The van der Waals surface area contributed by atoms with E-state index in [-0.39, 0.29) is 42.5 Å². The first-order valence-corrected chi connectivity index (χ1v) is 11.0. The summed E-state index contributed by atoms with van der Waals surface area (Å²) in [6.45, 7) is 0.489. The third-order valence-corrected chi connectivity index (χ3v) is 5.77. The number of carbonyl (C=O) groups excluding carboxylic acids is 4. The zero-order valence-electron chi connectivity index (χ0n) is 18.5. The predicted octanol–water partition coefficient (Wildman–Crippen LogP) is 3.72. The van der Waals surface area contributed by atoms with Crippen molar-refractivity contribution in [2.24, 2.45) is 0 Å². The number of ether oxygens (including phenoxy) is 1. The lowest BCUT2D eigenvalue weighted by Gasteiger charge is -2.17. The second kappa shape index (κ2) is 9.87. The molecule has 2 aromatic carbocycles. The number of nitrogens with zero attached hydrogens (tertiary/aromatic N) is 1. The van der Waals surface area contributed by atoms with Crippen molar-refractivity contribution in [2.75, 3.05) is 17.2 Å². The summed E-state index contributed by atoms with van der Waals surface area (Å²) in [4.78, 5) is 49.4. The maximum atomic E-state index is 13.7. The van der Waals surface area contributed by atoms with Crippen molar-refractivity contribution in [3.05, 3.63) is 59.2 Å². The van der Waals surface area contributed by atoms with Gasteiger partial charge in [0.15, 0.2) is 0 Å². The van der Waals surface area contributed by atoms with Crippen LogP contribution in [0.15, 0.2) is 42.5 Å². The quantitative estimate of drug-likeness (QED) is 0.602. The number of amides is 4. The lowest BCUT2D eigenvalue weighted by Crippen LogP contribution is -2.28. The minimum Gasteiger partial charge on any atom is -0.368 e. The summed E-state index contributed by atoms with van der Waals surface area (Å²) in [5, 5.41) is 4.68. The van der Waals surface area contributed by atoms with Crippen molar-refractivity contribution in [1.82, 2.24) is 4.90 Å². The highest BCUT2D eigenvalue weighted by Crippen LogP contribution is 2.37. The molecule has 2 N–H and O–H groups in total. The number of nitrogens with one attached hydrogen (secondary N) is 2. The van der Waals surface area contributed by atoms with E-state index in [1.807, 2.05) is 0 Å². The smallest absolute Gasteiger partial charge is 0.368 e. The third-order valence-electron chi connectivity index (χ3n) is 5.77. The standard InChI is InChI=1S/C24H22F3N3O5/c25-24(26,27)17-12-16(28-23(34)19-2-1-11-35-19)7-8-18(17)29-22(33)15-5-3-14(4-6-15)13-30-20(31)9-10-21(30)32/h3-8,12,19H,1-2,9-11,13H2,(H,28,34)(H,29,33)/t19-/m1/s1. The van der Waals surface area contributed by atoms with E-state index in [0.717, 1.165) is 17.0 Å². The topological polar surface area (TPSA) is 105 Å². The molecule has 0 unspecified atom stereocenters. The molecule has 0 radical (unpaired) electrons. The molecule has 0 aliphatic carbocycles. The number of imide groups is 1. The Labute approximate surface area is 198 Å². The number of hydrogen-bond acceptors (Lipinski definition) is 5. The maximum Gasteiger partial charge on any atom is 0.418 e. The van der Waals surface area contributed by atoms with Gasteiger partial charge in [-0.2, -0.15) is 13.2 Å². The van der Waals surface area contributed by atoms with E-state index in [2.05, 4.69) is 10.6 Å². The van der Waals surface area contributed by atoms with Crippen molar-refractivity contribution in [1.29, 1.82) is 0 Å². The molecule has 0 bridgehead atoms. The van der Waals surface area contributed by atoms with Gasteiger partial charge in [-0.15, -0.1) is 0 Å². The van der Waals surface area contributed by atoms with Crippen LogP contribution >= 0.6 is 0 Å². The molecule has 8 nitrogen and oxygen atoms in total. The van der Waals surface area contributed by atoms with E-state index < -0.39 is 35.3 Å². The number of carbonyl (C=O) groups is 4. The van der Waals surface area contributed by atoms with E-state index in [4.69, 9.17) is 4.74 Å². The summed E-state index contributed by atoms with van der Waals surface area (Å²) in [7, 11) is 0. The van der Waals surface area contributed by atoms with Crippen molar-refractivity contribution in [2.45, 2.75) is 44.5 Å². The van der Waals surface area contributed by atoms with Gasteiger partial charge in [-0.05, 0) is 48.7 Å². The molecule has 11 heteroatoms. The molecule has 0 saturated carbocycles. The Hall–Kier alpha value is -3.73. The van der Waals surface area contributed by atoms with Crippen LogP contribution in [0, 0.1) is 0 Å². The minimum absolute atomic E-state index is 0.0637. The Bertz CT molecular complexity index is 1140. The molecular formula is C24H22F3N3O5. The maximum absolute atomic E-state index is 13.7. The molecule has 2 fully saturated rings. The van der Waals surface area contributed by atoms with Crippen LogP contribution in [0.4, 0.5) is 24.5 Å². The van der Waals surface area contributed by atoms with Crippen LogP contribution in [0.1, 0.15) is 47.2 Å². The molecule has 1 atom stereocenters. The largest absolute Gasteiger partial charge is 0.418 e. The van der Waals surface area contributed by atoms with E-state index in [1.165, 1.54) is 30.3 Å². The first-order chi connectivity index (χ1) is 16.6. The first-order valence-electron chi connectivity index (χ1n) is 11.0. The van der Waals surface area contributed by atoms with Gasteiger partial charge >= 0.3 is 6.18 Å². The van der Waals surface area contributed by atoms with Crippen LogP contribution in [0.3, 0.4) is 0 Å². The Balaban J connectivity index is 1.46. The molecule has 184 valence electrons. The Kier molecular flexibility index (Phi) is 6.88. The number of likely N-dealkylation sites (tertiary alicyclic amines) is 1. The van der Waals surface area contributed by atoms with Crippen molar-refractivity contribution >= 4 is 35.0 Å². The van der Waals surface area contributed by atoms with E-state index in [9.17, 15) is 32.3 Å². The number of alkyl halides is 3. The Morgan fingerprint density at radius 2 is 1.69 bits per heavy atom. The number of hydrogen-bond donors (Lipinski definition) is 2. The molecule has 4 rings (SSSR count). The molecule has 0 spiro atoms. The number of benzene rings is 2. The van der Waals surface area contributed by atoms with E-state index >= 15 is 0 Å². The molecule has 2 aliphatic heterocycles. The van der Waals surface area contributed by atoms with E-state index in [0.29, 0.717) is 25.0 Å². The summed E-state index contributed by atoms with van der Waals surface area (Å²) in [5.74, 6) is -1.84. The highest BCUT2D eigenvalue weighted by Gasteiger charge is 2.35. The third kappa shape index (κ3) is 5.68. The lowest BCUT2D eigenvalue weighted by molar-refractivity contribution is -0.139. The van der Waals surface area contributed by atoms with Crippen LogP contribution in [0.25, 0.3) is 0 Å². The van der Waals surface area contributed by atoms with Crippen molar-refractivity contribution < 1.29 is 37.1 Å². The van der Waals surface area contributed by atoms with Gasteiger partial charge in [0.2, 0.25) is 11.8 Å². The fraction of sp³-hybridized carbons (Fsp3) is 0.333. The molecule has 2 heterocycles. The predicted molar refractivity (Wildman–Crippen MR) is 118 cm³/mol. The average Bonchev–Trinajstić information content (AvgIpc) is 3.46. The van der Waals surface area contributed by atoms with Crippen LogP contribution < -0.4 is 10.6 Å². The second-order valence-electron chi connectivity index (χ2n) is 8.27. The molecule has 2 aromatic rings. The van der Waals surface area contributed by atoms with E-state index in [1.54, 1.807) is 0 Å². The zero-order chi connectivity index (χ0) is 25.2. The molecule has 0 aromatic heterocycles. The summed E-state index contributed by atoms with van der Waals surface area (Å²) >= 11 is 0. The zero-order valence-corrected chi connectivity index (χ0v) is 18.5. The van der Waals surface area contributed by atoms with Gasteiger partial charge in [0.05, 0.1) is 17.8 Å². The molecule has 35 heavy (non-hydrogen) atoms. The summed E-state index contributed by atoms with van der Waals surface area (Å²) in [5.41, 5.74) is -0.941. The summed E-state index contributed by atoms with van der Waals surface area (Å²) in [6.07, 6.45) is -3.96. The second-order valence-corrected chi connectivity index (χ2v) is 8.27. The minimum atomic E-state index is -4.79. The van der Waals surface area contributed by atoms with Crippen LogP contribution in [-0.4, -0.2) is 41.2 Å². The normalized spacial score (nSPS) is 18.1. The van der Waals surface area contributed by atoms with Crippen molar-refractivity contribution in [3.8, 4) is 0 Å². The highest BCUT2D eigenvalue weighted by atomic mass is 19.4. The fourth-order valence-electron chi connectivity index (χ4n) is 3.91. The van der Waals surface area contributed by atoms with Crippen LogP contribution in [0.2, 0.25) is 0 Å². The monoisotopic (exact) mass is 489 g/mol. The van der Waals surface area contributed by atoms with Gasteiger partial charge in [-0.3, -0.25) is 24.1 Å². The molecular weight excluding hydrogens is 467 g/mol. The SMILES string of the molecule is O=C(Nc1ccc(NC(=O)[C@H]2CCCO2)cc1C(F)(F)F)c1ccc(CN2C(=O)CCC2=O)cc1. The Morgan fingerprint density at radius 1 is 1.00 bits per heavy atom. The van der Waals surface area contributed by atoms with Crippen molar-refractivity contribution in [3.63, 3.8) is 0 Å². The van der Waals surface area contributed by atoms with Gasteiger partial charge in [-0.25, -0.2) is 0 Å². The van der Waals surface area contributed by atoms with Crippen LogP contribution in [0.5, 0.6) is 0 Å². The summed E-state index contributed by atoms with van der Waals surface area (Å²) in [6, 6.07) is 8.97. The molecule has 2 aliphatic rings. The Morgan fingerprint density at radius 3 is 2.29 bits per heavy atom. The average molecular weight is 489 g/mol. The van der Waals surface area contributed by atoms with Gasteiger partial charge in [0.1, 0.15) is 6.10 Å². The summed E-state index contributed by atoms with van der Waals surface area (Å²) < 4.78 is 46.3. The van der Waals surface area contributed by atoms with Gasteiger partial charge in [0.25, 0.3) is 11.8 Å². The highest BCUT2D eigenvalue weighted by molar-refractivity contribution is 6.05. The lowest BCUT2D eigenvalue weighted by atomic mass is 10.1. The number of halogens is 3.